The van der Waals surface area contributed by atoms with Crippen molar-refractivity contribution in [2.24, 2.45) is 0 Å². The van der Waals surface area contributed by atoms with Crippen LogP contribution in [0, 0.1) is 25.2 Å². The van der Waals surface area contributed by atoms with Gasteiger partial charge in [0.05, 0.1) is 30.8 Å². The molecule has 0 bridgehead atoms. The monoisotopic (exact) mass is 462 g/mol. The lowest BCUT2D eigenvalue weighted by Crippen LogP contribution is -2.48. The van der Waals surface area contributed by atoms with Gasteiger partial charge in [0.25, 0.3) is 0 Å². The second kappa shape index (κ2) is 8.98. The molecular formula is C27H34N4O3. The Morgan fingerprint density at radius 1 is 1.21 bits per heavy atom. The van der Waals surface area contributed by atoms with Crippen molar-refractivity contribution in [1.82, 2.24) is 14.7 Å². The highest BCUT2D eigenvalue weighted by Crippen LogP contribution is 2.52. The molecule has 34 heavy (non-hydrogen) atoms. The number of carbonyl (C=O) groups excluding carboxylic acids is 1. The van der Waals surface area contributed by atoms with Gasteiger partial charge in [-0.2, -0.15) is 10.4 Å². The molecule has 2 aromatic rings. The molecule has 3 aliphatic rings. The van der Waals surface area contributed by atoms with Crippen molar-refractivity contribution in [3.63, 3.8) is 0 Å². The zero-order chi connectivity index (χ0) is 23.9. The van der Waals surface area contributed by atoms with Gasteiger partial charge in [-0.3, -0.25) is 9.48 Å². The number of hydrogen-bond acceptors (Lipinski definition) is 5. The summed E-state index contributed by atoms with van der Waals surface area (Å²) >= 11 is 0. The van der Waals surface area contributed by atoms with E-state index in [0.29, 0.717) is 39.0 Å². The Bertz CT molecular complexity index is 1140. The molecule has 1 unspecified atom stereocenters. The Morgan fingerprint density at radius 3 is 2.62 bits per heavy atom. The normalized spacial score (nSPS) is 20.3. The number of aryl methyl sites for hydroxylation is 2. The van der Waals surface area contributed by atoms with Gasteiger partial charge in [0, 0.05) is 24.1 Å². The summed E-state index contributed by atoms with van der Waals surface area (Å²) in [5, 5.41) is 13.5. The average Bonchev–Trinajstić information content (AvgIpc) is 3.42. The highest BCUT2D eigenvalue weighted by molar-refractivity contribution is 5.78. The largest absolute Gasteiger partial charge is 0.486 e. The zero-order valence-electron chi connectivity index (χ0n) is 20.5. The smallest absolute Gasteiger partial charge is 0.223 e. The average molecular weight is 463 g/mol. The van der Waals surface area contributed by atoms with E-state index in [2.05, 4.69) is 35.1 Å². The minimum Gasteiger partial charge on any atom is -0.486 e. The number of benzene rings is 1. The molecule has 1 aromatic heterocycles. The number of rotatable bonds is 5. The van der Waals surface area contributed by atoms with Crippen LogP contribution in [0.1, 0.15) is 79.6 Å². The molecule has 7 nitrogen and oxygen atoms in total. The maximum atomic E-state index is 13.6. The molecule has 1 amide bonds. The fraction of sp³-hybridized carbons (Fsp3) is 0.593. The first kappa shape index (κ1) is 22.8. The minimum atomic E-state index is 0.00472. The Hall–Kier alpha value is -3.01. The lowest BCUT2D eigenvalue weighted by atomic mass is 9.71. The molecule has 1 atom stereocenters. The van der Waals surface area contributed by atoms with Gasteiger partial charge in [-0.05, 0) is 68.9 Å². The van der Waals surface area contributed by atoms with Gasteiger partial charge in [0.1, 0.15) is 13.2 Å². The predicted octanol–water partition coefficient (Wildman–Crippen LogP) is 4.53. The van der Waals surface area contributed by atoms with Crippen molar-refractivity contribution in [1.29, 1.82) is 5.26 Å². The quantitative estimate of drug-likeness (QED) is 0.652. The highest BCUT2D eigenvalue weighted by atomic mass is 16.6. The van der Waals surface area contributed by atoms with E-state index < -0.39 is 0 Å². The van der Waals surface area contributed by atoms with Crippen molar-refractivity contribution >= 4 is 5.91 Å². The van der Waals surface area contributed by atoms with Crippen LogP contribution in [0.5, 0.6) is 11.5 Å². The number of aromatic nitrogens is 2. The third-order valence-corrected chi connectivity index (χ3v) is 8.11. The minimum absolute atomic E-state index is 0.00472. The fourth-order valence-corrected chi connectivity index (χ4v) is 6.25. The topological polar surface area (TPSA) is 80.4 Å². The van der Waals surface area contributed by atoms with Crippen molar-refractivity contribution in [2.75, 3.05) is 19.8 Å². The first-order valence-electron chi connectivity index (χ1n) is 12.6. The molecule has 1 spiro atoms. The van der Waals surface area contributed by atoms with Gasteiger partial charge in [-0.25, -0.2) is 0 Å². The van der Waals surface area contributed by atoms with Crippen LogP contribution in [-0.4, -0.2) is 40.3 Å². The highest BCUT2D eigenvalue weighted by Gasteiger charge is 2.46. The van der Waals surface area contributed by atoms with E-state index in [1.165, 1.54) is 24.0 Å². The van der Waals surface area contributed by atoms with E-state index in [1.54, 1.807) is 0 Å². The first-order chi connectivity index (χ1) is 16.4. The van der Waals surface area contributed by atoms with Gasteiger partial charge in [-0.1, -0.05) is 12.8 Å². The van der Waals surface area contributed by atoms with E-state index in [0.717, 1.165) is 47.8 Å². The number of nitrogens with zero attached hydrogens (tertiary/aromatic N) is 4. The molecule has 1 fully saturated rings. The summed E-state index contributed by atoms with van der Waals surface area (Å²) in [6.45, 7) is 8.70. The van der Waals surface area contributed by atoms with Crippen LogP contribution in [-0.2, 0) is 23.2 Å². The summed E-state index contributed by atoms with van der Waals surface area (Å²) in [4.78, 5) is 15.7. The maximum Gasteiger partial charge on any atom is 0.223 e. The van der Waals surface area contributed by atoms with Crippen LogP contribution in [0.25, 0.3) is 0 Å². The fourth-order valence-electron chi connectivity index (χ4n) is 6.25. The van der Waals surface area contributed by atoms with Gasteiger partial charge >= 0.3 is 0 Å². The molecule has 3 heterocycles. The molecule has 0 N–H and O–H groups in total. The van der Waals surface area contributed by atoms with Gasteiger partial charge in [0.2, 0.25) is 5.91 Å². The standard InChI is InChI=1S/C27H34N4O3/c1-18-21(20(3)31(29-18)12-6-11-28)7-8-26(32)30-17-27(9-4-5-10-27)23-16-25-24(33-13-14-34-25)15-22(23)19(30)2/h15-16,19H,4-10,12-14,17H2,1-3H3. The Kier molecular flexibility index (Phi) is 6.01. The summed E-state index contributed by atoms with van der Waals surface area (Å²) < 4.78 is 13.7. The molecular weight excluding hydrogens is 428 g/mol. The molecule has 0 saturated heterocycles. The predicted molar refractivity (Wildman–Crippen MR) is 128 cm³/mol. The van der Waals surface area contributed by atoms with Crippen molar-refractivity contribution in [2.45, 2.75) is 83.7 Å². The van der Waals surface area contributed by atoms with Crippen LogP contribution < -0.4 is 9.47 Å². The van der Waals surface area contributed by atoms with E-state index in [9.17, 15) is 4.79 Å². The lowest BCUT2D eigenvalue weighted by Gasteiger charge is -2.46. The zero-order valence-corrected chi connectivity index (χ0v) is 20.5. The van der Waals surface area contributed by atoms with Crippen LogP contribution >= 0.6 is 0 Å². The Labute approximate surface area is 201 Å². The summed E-state index contributed by atoms with van der Waals surface area (Å²) in [6, 6.07) is 6.52. The van der Waals surface area contributed by atoms with Gasteiger partial charge < -0.3 is 14.4 Å². The Morgan fingerprint density at radius 2 is 1.91 bits per heavy atom. The van der Waals surface area contributed by atoms with E-state index >= 15 is 0 Å². The van der Waals surface area contributed by atoms with Gasteiger partial charge in [-0.15, -0.1) is 0 Å². The van der Waals surface area contributed by atoms with Crippen molar-refractivity contribution < 1.29 is 14.3 Å². The van der Waals surface area contributed by atoms with E-state index in [-0.39, 0.29) is 17.4 Å². The lowest BCUT2D eigenvalue weighted by molar-refractivity contribution is -0.135. The third-order valence-electron chi connectivity index (χ3n) is 8.11. The molecule has 1 aliphatic carbocycles. The van der Waals surface area contributed by atoms with Crippen molar-refractivity contribution in [3.05, 3.63) is 40.2 Å². The molecule has 1 saturated carbocycles. The summed E-state index contributed by atoms with van der Waals surface area (Å²) in [6.07, 6.45) is 6.19. The summed E-state index contributed by atoms with van der Waals surface area (Å²) in [7, 11) is 0. The van der Waals surface area contributed by atoms with Crippen LogP contribution in [0.4, 0.5) is 0 Å². The first-order valence-corrected chi connectivity index (χ1v) is 12.6. The number of hydrogen-bond donors (Lipinski definition) is 0. The number of fused-ring (bicyclic) bond motifs is 3. The molecule has 180 valence electrons. The number of amides is 1. The van der Waals surface area contributed by atoms with Crippen LogP contribution in [0.2, 0.25) is 0 Å². The second-order valence-electron chi connectivity index (χ2n) is 10.0. The molecule has 1 aromatic carbocycles. The van der Waals surface area contributed by atoms with Gasteiger partial charge in [0.15, 0.2) is 11.5 Å². The van der Waals surface area contributed by atoms with Crippen molar-refractivity contribution in [3.8, 4) is 17.6 Å². The number of carbonyl (C=O) groups is 1. The maximum absolute atomic E-state index is 13.6. The molecule has 0 radical (unpaired) electrons. The number of ether oxygens (including phenoxy) is 2. The number of nitriles is 1. The SMILES string of the molecule is Cc1nn(CCC#N)c(C)c1CCC(=O)N1CC2(CCCC2)c2cc3c(cc2C1C)OCCO3. The van der Waals surface area contributed by atoms with E-state index in [4.69, 9.17) is 14.7 Å². The van der Waals surface area contributed by atoms with E-state index in [1.807, 2.05) is 18.5 Å². The van der Waals surface area contributed by atoms with Crippen LogP contribution in [0.3, 0.4) is 0 Å². The third kappa shape index (κ3) is 3.83. The summed E-state index contributed by atoms with van der Waals surface area (Å²) in [5.41, 5.74) is 5.73. The Balaban J connectivity index is 1.39. The summed E-state index contributed by atoms with van der Waals surface area (Å²) in [5.74, 6) is 1.85. The second-order valence-corrected chi connectivity index (χ2v) is 10.0. The molecule has 5 rings (SSSR count). The van der Waals surface area contributed by atoms with Crippen LogP contribution in [0.15, 0.2) is 12.1 Å². The molecule has 2 aliphatic heterocycles. The molecule has 7 heteroatoms.